The van der Waals surface area contributed by atoms with Gasteiger partial charge < -0.3 is 9.84 Å². The molecule has 6 nitrogen and oxygen atoms in total. The number of fused-ring (bicyclic) bond motifs is 1. The molecule has 6 heteroatoms. The van der Waals surface area contributed by atoms with Crippen LogP contribution in [0.1, 0.15) is 42.3 Å². The van der Waals surface area contributed by atoms with Crippen molar-refractivity contribution in [2.24, 2.45) is 0 Å². The maximum absolute atomic E-state index is 11.0. The van der Waals surface area contributed by atoms with Crippen LogP contribution in [0.15, 0.2) is 30.6 Å². The van der Waals surface area contributed by atoms with Crippen LogP contribution in [0, 0.1) is 6.92 Å². The van der Waals surface area contributed by atoms with Crippen molar-refractivity contribution in [3.8, 4) is 11.1 Å². The largest absolute Gasteiger partial charge is 0.481 e. The number of ether oxygens (including phenoxy) is 1. The molecule has 0 aliphatic carbocycles. The molecule has 3 aromatic heterocycles. The van der Waals surface area contributed by atoms with Gasteiger partial charge in [0.25, 0.3) is 0 Å². The second kappa shape index (κ2) is 8.31. The fourth-order valence-corrected chi connectivity index (χ4v) is 3.48. The summed E-state index contributed by atoms with van der Waals surface area (Å²) in [7, 11) is 1.65. The summed E-state index contributed by atoms with van der Waals surface area (Å²) in [5.41, 5.74) is 7.20. The highest BCUT2D eigenvalue weighted by Crippen LogP contribution is 2.33. The van der Waals surface area contributed by atoms with Gasteiger partial charge in [0.15, 0.2) is 0 Å². The van der Waals surface area contributed by atoms with Crippen molar-refractivity contribution in [3.63, 3.8) is 0 Å². The number of aliphatic carboxylic acids is 1. The first-order valence-corrected chi connectivity index (χ1v) is 9.20. The first-order chi connectivity index (χ1) is 13.0. The molecule has 3 rings (SSSR count). The maximum atomic E-state index is 11.0. The minimum atomic E-state index is -0.785. The van der Waals surface area contributed by atoms with Crippen LogP contribution < -0.4 is 0 Å². The van der Waals surface area contributed by atoms with E-state index < -0.39 is 5.97 Å². The van der Waals surface area contributed by atoms with Gasteiger partial charge in [0, 0.05) is 42.7 Å². The van der Waals surface area contributed by atoms with Crippen LogP contribution in [0.25, 0.3) is 16.6 Å². The van der Waals surface area contributed by atoms with Crippen LogP contribution in [0.4, 0.5) is 0 Å². The summed E-state index contributed by atoms with van der Waals surface area (Å²) in [4.78, 5) is 15.4. The monoisotopic (exact) mass is 367 g/mol. The molecule has 0 bridgehead atoms. The Morgan fingerprint density at radius 1 is 1.30 bits per heavy atom. The number of pyridine rings is 1. The zero-order valence-corrected chi connectivity index (χ0v) is 16.0. The third-order valence-corrected chi connectivity index (χ3v) is 4.69. The fourth-order valence-electron chi connectivity index (χ4n) is 3.48. The molecule has 1 N–H and O–H groups in total. The van der Waals surface area contributed by atoms with E-state index in [4.69, 9.17) is 14.9 Å². The predicted molar refractivity (Wildman–Crippen MR) is 104 cm³/mol. The smallest absolute Gasteiger partial charge is 0.303 e. The summed E-state index contributed by atoms with van der Waals surface area (Å²) < 4.78 is 7.38. The normalized spacial score (nSPS) is 11.2. The lowest BCUT2D eigenvalue weighted by Crippen LogP contribution is -2.10. The lowest BCUT2D eigenvalue weighted by Gasteiger charge is -2.17. The molecule has 0 aliphatic heterocycles. The molecule has 0 saturated carbocycles. The Bertz CT molecular complexity index is 963. The SMILES string of the molecule is CCc1ccc2c(-c3cncc(C)c3)c(CCCC(=O)O)c(COC)nn12. The van der Waals surface area contributed by atoms with E-state index >= 15 is 0 Å². The van der Waals surface area contributed by atoms with Gasteiger partial charge in [0.2, 0.25) is 0 Å². The molecule has 0 radical (unpaired) electrons. The van der Waals surface area contributed by atoms with Gasteiger partial charge in [0.05, 0.1) is 17.8 Å². The Kier molecular flexibility index (Phi) is 5.86. The third-order valence-electron chi connectivity index (χ3n) is 4.69. The standard InChI is InChI=1S/C21H25N3O3/c1-4-16-8-9-19-21(15-10-14(2)11-22-12-15)17(6-5-7-20(25)26)18(13-27-3)23-24(16)19/h8-12H,4-7,13H2,1-3H3,(H,25,26). The van der Waals surface area contributed by atoms with Gasteiger partial charge in [0.1, 0.15) is 0 Å². The zero-order chi connectivity index (χ0) is 19.4. The second-order valence-corrected chi connectivity index (χ2v) is 6.71. The van der Waals surface area contributed by atoms with E-state index in [0.29, 0.717) is 19.4 Å². The van der Waals surface area contributed by atoms with Gasteiger partial charge in [-0.1, -0.05) is 6.92 Å². The quantitative estimate of drug-likeness (QED) is 0.655. The Morgan fingerprint density at radius 3 is 2.78 bits per heavy atom. The van der Waals surface area contributed by atoms with Crippen molar-refractivity contribution in [1.82, 2.24) is 14.6 Å². The maximum Gasteiger partial charge on any atom is 0.303 e. The molecule has 142 valence electrons. The van der Waals surface area contributed by atoms with Gasteiger partial charge in [-0.05, 0) is 55.5 Å². The van der Waals surface area contributed by atoms with Crippen LogP contribution in [-0.4, -0.2) is 32.8 Å². The van der Waals surface area contributed by atoms with E-state index in [2.05, 4.69) is 30.1 Å². The highest BCUT2D eigenvalue weighted by atomic mass is 16.5. The van der Waals surface area contributed by atoms with Crippen LogP contribution >= 0.6 is 0 Å². The molecule has 0 amide bonds. The summed E-state index contributed by atoms with van der Waals surface area (Å²) in [5, 5.41) is 13.9. The van der Waals surface area contributed by atoms with Crippen molar-refractivity contribution in [1.29, 1.82) is 0 Å². The molecular formula is C21H25N3O3. The Balaban J connectivity index is 2.25. The number of aryl methyl sites for hydroxylation is 2. The van der Waals surface area contributed by atoms with E-state index in [-0.39, 0.29) is 6.42 Å². The third kappa shape index (κ3) is 4.01. The van der Waals surface area contributed by atoms with E-state index in [1.54, 1.807) is 7.11 Å². The average Bonchev–Trinajstić information content (AvgIpc) is 3.04. The van der Waals surface area contributed by atoms with E-state index in [1.807, 2.05) is 23.8 Å². The van der Waals surface area contributed by atoms with Gasteiger partial charge in [-0.3, -0.25) is 9.78 Å². The second-order valence-electron chi connectivity index (χ2n) is 6.71. The van der Waals surface area contributed by atoms with Crippen LogP contribution in [-0.2, 0) is 29.0 Å². The number of carbonyl (C=O) groups is 1. The summed E-state index contributed by atoms with van der Waals surface area (Å²) in [6, 6.07) is 6.28. The number of hydrogen-bond donors (Lipinski definition) is 1. The van der Waals surface area contributed by atoms with Crippen molar-refractivity contribution in [2.75, 3.05) is 7.11 Å². The molecule has 3 aromatic rings. The first-order valence-electron chi connectivity index (χ1n) is 9.20. The van der Waals surface area contributed by atoms with Crippen molar-refractivity contribution in [2.45, 2.75) is 46.1 Å². The van der Waals surface area contributed by atoms with Crippen molar-refractivity contribution >= 4 is 11.5 Å². The van der Waals surface area contributed by atoms with E-state index in [9.17, 15) is 4.79 Å². The van der Waals surface area contributed by atoms with E-state index in [1.165, 1.54) is 0 Å². The predicted octanol–water partition coefficient (Wildman–Crippen LogP) is 3.82. The molecule has 27 heavy (non-hydrogen) atoms. The molecule has 0 saturated heterocycles. The lowest BCUT2D eigenvalue weighted by molar-refractivity contribution is -0.137. The molecule has 0 fully saturated rings. The first kappa shape index (κ1) is 19.0. The summed E-state index contributed by atoms with van der Waals surface area (Å²) in [6.45, 7) is 4.50. The molecular weight excluding hydrogens is 342 g/mol. The molecule has 0 aliphatic rings. The minimum Gasteiger partial charge on any atom is -0.481 e. The number of hydrogen-bond acceptors (Lipinski definition) is 4. The summed E-state index contributed by atoms with van der Waals surface area (Å²) in [6.07, 6.45) is 5.87. The van der Waals surface area contributed by atoms with Crippen molar-refractivity contribution < 1.29 is 14.6 Å². The van der Waals surface area contributed by atoms with Crippen molar-refractivity contribution in [3.05, 3.63) is 53.1 Å². The van der Waals surface area contributed by atoms with Gasteiger partial charge >= 0.3 is 5.97 Å². The lowest BCUT2D eigenvalue weighted by atomic mass is 9.95. The topological polar surface area (TPSA) is 76.7 Å². The average molecular weight is 367 g/mol. The Labute approximate surface area is 158 Å². The Morgan fingerprint density at radius 2 is 2.11 bits per heavy atom. The fraction of sp³-hybridized carbons (Fsp3) is 0.381. The summed E-state index contributed by atoms with van der Waals surface area (Å²) in [5.74, 6) is -0.785. The van der Waals surface area contributed by atoms with E-state index in [0.717, 1.165) is 45.6 Å². The Hall–Kier alpha value is -2.73. The highest BCUT2D eigenvalue weighted by Gasteiger charge is 2.19. The minimum absolute atomic E-state index is 0.129. The molecule has 0 aromatic carbocycles. The van der Waals surface area contributed by atoms with Gasteiger partial charge in [-0.2, -0.15) is 5.10 Å². The molecule has 3 heterocycles. The van der Waals surface area contributed by atoms with Gasteiger partial charge in [-0.25, -0.2) is 4.52 Å². The van der Waals surface area contributed by atoms with Crippen LogP contribution in [0.3, 0.4) is 0 Å². The molecule has 0 atom stereocenters. The zero-order valence-electron chi connectivity index (χ0n) is 16.0. The summed E-state index contributed by atoms with van der Waals surface area (Å²) >= 11 is 0. The van der Waals surface area contributed by atoms with Gasteiger partial charge in [-0.15, -0.1) is 0 Å². The van der Waals surface area contributed by atoms with Crippen LogP contribution in [0.5, 0.6) is 0 Å². The molecule has 0 spiro atoms. The number of aromatic nitrogens is 3. The highest BCUT2D eigenvalue weighted by molar-refractivity contribution is 5.84. The number of nitrogens with zero attached hydrogens (tertiary/aromatic N) is 3. The number of carboxylic acid groups (broad SMARTS) is 1. The number of methoxy groups -OCH3 is 1. The number of carboxylic acids is 1. The molecule has 0 unspecified atom stereocenters. The van der Waals surface area contributed by atoms with Crippen LogP contribution in [0.2, 0.25) is 0 Å². The number of rotatable bonds is 8.